The second-order valence-corrected chi connectivity index (χ2v) is 5.05. The summed E-state index contributed by atoms with van der Waals surface area (Å²) in [6, 6.07) is 3.64. The molecule has 1 aromatic heterocycles. The Morgan fingerprint density at radius 2 is 2.11 bits per heavy atom. The number of aliphatic hydroxyl groups is 1. The van der Waals surface area contributed by atoms with Crippen molar-refractivity contribution in [2.75, 3.05) is 13.7 Å². The predicted octanol–water partition coefficient (Wildman–Crippen LogP) is 2.86. The van der Waals surface area contributed by atoms with Crippen molar-refractivity contribution >= 4 is 0 Å². The Morgan fingerprint density at radius 1 is 1.37 bits per heavy atom. The van der Waals surface area contributed by atoms with Crippen LogP contribution in [0, 0.1) is 0 Å². The van der Waals surface area contributed by atoms with Gasteiger partial charge in [0.15, 0.2) is 0 Å². The highest BCUT2D eigenvalue weighted by molar-refractivity contribution is 5.30. The van der Waals surface area contributed by atoms with E-state index >= 15 is 0 Å². The van der Waals surface area contributed by atoms with E-state index in [0.717, 1.165) is 25.7 Å². The molecular weight excluding hydrogens is 242 g/mol. The Bertz CT molecular complexity index is 397. The summed E-state index contributed by atoms with van der Waals surface area (Å²) in [5.74, 6) is 0.625. The molecule has 1 saturated carbocycles. The van der Waals surface area contributed by atoms with Crippen LogP contribution in [0.3, 0.4) is 0 Å². The van der Waals surface area contributed by atoms with Crippen LogP contribution in [-0.4, -0.2) is 29.4 Å². The molecule has 1 unspecified atom stereocenters. The van der Waals surface area contributed by atoms with Crippen molar-refractivity contribution in [2.24, 2.45) is 0 Å². The molecule has 1 aliphatic rings. The molecule has 1 heterocycles. The van der Waals surface area contributed by atoms with Gasteiger partial charge in [0.1, 0.15) is 17.5 Å². The van der Waals surface area contributed by atoms with E-state index < -0.39 is 11.7 Å². The first-order valence-electron chi connectivity index (χ1n) is 7.04. The molecule has 2 rings (SSSR count). The molecular formula is C15H23NO3. The van der Waals surface area contributed by atoms with Crippen LogP contribution in [0.4, 0.5) is 0 Å². The minimum absolute atomic E-state index is 0.505. The molecule has 0 spiro atoms. The van der Waals surface area contributed by atoms with Crippen LogP contribution in [0.5, 0.6) is 5.75 Å². The van der Waals surface area contributed by atoms with Gasteiger partial charge in [0.05, 0.1) is 12.7 Å². The summed E-state index contributed by atoms with van der Waals surface area (Å²) in [5.41, 5.74) is 0.0783. The molecule has 4 nitrogen and oxygen atoms in total. The standard InChI is InChI=1S/C15H23NO3/c1-3-19-15(9-5-4-6-10-15)14(17)13-12(18-2)8-7-11-16-13/h7-8,11,14,17H,3-6,9-10H2,1-2H3. The molecule has 1 fully saturated rings. The van der Waals surface area contributed by atoms with Gasteiger partial charge >= 0.3 is 0 Å². The van der Waals surface area contributed by atoms with Gasteiger partial charge in [0, 0.05) is 12.8 Å². The third-order valence-electron chi connectivity index (χ3n) is 3.91. The second kappa shape index (κ2) is 6.35. The quantitative estimate of drug-likeness (QED) is 0.889. The van der Waals surface area contributed by atoms with Crippen molar-refractivity contribution in [1.82, 2.24) is 4.98 Å². The fourth-order valence-electron chi connectivity index (χ4n) is 2.96. The molecule has 106 valence electrons. The van der Waals surface area contributed by atoms with Gasteiger partial charge in [-0.2, -0.15) is 0 Å². The van der Waals surface area contributed by atoms with Crippen molar-refractivity contribution in [3.63, 3.8) is 0 Å². The topological polar surface area (TPSA) is 51.6 Å². The zero-order valence-corrected chi connectivity index (χ0v) is 11.8. The monoisotopic (exact) mass is 265 g/mol. The van der Waals surface area contributed by atoms with Crippen molar-refractivity contribution in [3.05, 3.63) is 24.0 Å². The minimum Gasteiger partial charge on any atom is -0.495 e. The lowest BCUT2D eigenvalue weighted by Gasteiger charge is -2.40. The molecule has 4 heteroatoms. The molecule has 19 heavy (non-hydrogen) atoms. The van der Waals surface area contributed by atoms with Crippen molar-refractivity contribution in [3.8, 4) is 5.75 Å². The normalized spacial score (nSPS) is 19.9. The van der Waals surface area contributed by atoms with Gasteiger partial charge in [-0.25, -0.2) is 0 Å². The van der Waals surface area contributed by atoms with Crippen LogP contribution in [0.15, 0.2) is 18.3 Å². The predicted molar refractivity (Wildman–Crippen MR) is 73.2 cm³/mol. The highest BCUT2D eigenvalue weighted by atomic mass is 16.5. The van der Waals surface area contributed by atoms with Crippen molar-refractivity contribution in [1.29, 1.82) is 0 Å². The largest absolute Gasteiger partial charge is 0.495 e. The average Bonchev–Trinajstić information content (AvgIpc) is 2.47. The van der Waals surface area contributed by atoms with Crippen molar-refractivity contribution < 1.29 is 14.6 Å². The maximum Gasteiger partial charge on any atom is 0.143 e. The molecule has 0 aromatic carbocycles. The maximum absolute atomic E-state index is 10.8. The lowest BCUT2D eigenvalue weighted by Crippen LogP contribution is -2.42. The summed E-state index contributed by atoms with van der Waals surface area (Å²) in [4.78, 5) is 4.30. The Labute approximate surface area is 114 Å². The average molecular weight is 265 g/mol. The molecule has 1 aromatic rings. The Kier molecular flexibility index (Phi) is 4.77. The summed E-state index contributed by atoms with van der Waals surface area (Å²) in [7, 11) is 1.60. The molecule has 1 atom stereocenters. The van der Waals surface area contributed by atoms with E-state index in [1.54, 1.807) is 13.3 Å². The van der Waals surface area contributed by atoms with Gasteiger partial charge in [-0.15, -0.1) is 0 Å². The minimum atomic E-state index is -0.733. The van der Waals surface area contributed by atoms with E-state index in [9.17, 15) is 5.11 Å². The first kappa shape index (κ1) is 14.3. The molecule has 1 N–H and O–H groups in total. The zero-order chi connectivity index (χ0) is 13.7. The Morgan fingerprint density at radius 3 is 2.74 bits per heavy atom. The van der Waals surface area contributed by atoms with Gasteiger partial charge < -0.3 is 14.6 Å². The number of ether oxygens (including phenoxy) is 2. The van der Waals surface area contributed by atoms with E-state index in [1.165, 1.54) is 6.42 Å². The smallest absolute Gasteiger partial charge is 0.143 e. The van der Waals surface area contributed by atoms with E-state index in [1.807, 2.05) is 19.1 Å². The fourth-order valence-corrected chi connectivity index (χ4v) is 2.96. The number of pyridine rings is 1. The second-order valence-electron chi connectivity index (χ2n) is 5.05. The lowest BCUT2D eigenvalue weighted by atomic mass is 9.79. The number of hydrogen-bond donors (Lipinski definition) is 1. The van der Waals surface area contributed by atoms with Gasteiger partial charge in [0.2, 0.25) is 0 Å². The van der Waals surface area contributed by atoms with E-state index in [4.69, 9.17) is 9.47 Å². The Balaban J connectivity index is 2.30. The maximum atomic E-state index is 10.8. The van der Waals surface area contributed by atoms with Crippen LogP contribution < -0.4 is 4.74 Å². The number of hydrogen-bond acceptors (Lipinski definition) is 4. The molecule has 0 amide bonds. The molecule has 0 saturated heterocycles. The first-order chi connectivity index (χ1) is 9.23. The van der Waals surface area contributed by atoms with Crippen LogP contribution in [-0.2, 0) is 4.74 Å². The van der Waals surface area contributed by atoms with Crippen LogP contribution in [0.25, 0.3) is 0 Å². The number of nitrogens with zero attached hydrogens (tertiary/aromatic N) is 1. The summed E-state index contributed by atoms with van der Waals surface area (Å²) < 4.78 is 11.2. The first-order valence-corrected chi connectivity index (χ1v) is 7.04. The summed E-state index contributed by atoms with van der Waals surface area (Å²) in [6.45, 7) is 2.57. The molecule has 0 aliphatic heterocycles. The number of methoxy groups -OCH3 is 1. The lowest BCUT2D eigenvalue weighted by molar-refractivity contribution is -0.143. The van der Waals surface area contributed by atoms with Gasteiger partial charge in [-0.3, -0.25) is 4.98 Å². The highest BCUT2D eigenvalue weighted by Gasteiger charge is 2.42. The molecule has 1 aliphatic carbocycles. The third-order valence-corrected chi connectivity index (χ3v) is 3.91. The fraction of sp³-hybridized carbons (Fsp3) is 0.667. The van der Waals surface area contributed by atoms with Gasteiger partial charge in [-0.05, 0) is 31.9 Å². The van der Waals surface area contributed by atoms with Crippen LogP contribution in [0.2, 0.25) is 0 Å². The third kappa shape index (κ3) is 2.90. The molecule has 0 bridgehead atoms. The van der Waals surface area contributed by atoms with E-state index in [-0.39, 0.29) is 0 Å². The van der Waals surface area contributed by atoms with Crippen LogP contribution in [0.1, 0.15) is 50.8 Å². The highest BCUT2D eigenvalue weighted by Crippen LogP contribution is 2.42. The van der Waals surface area contributed by atoms with E-state index in [2.05, 4.69) is 4.98 Å². The van der Waals surface area contributed by atoms with Crippen LogP contribution >= 0.6 is 0 Å². The number of rotatable bonds is 5. The summed E-state index contributed by atoms with van der Waals surface area (Å²) >= 11 is 0. The number of aliphatic hydroxyl groups excluding tert-OH is 1. The van der Waals surface area contributed by atoms with E-state index in [0.29, 0.717) is 18.1 Å². The zero-order valence-electron chi connectivity index (χ0n) is 11.8. The summed E-state index contributed by atoms with van der Waals surface area (Å²) in [6.07, 6.45) is 6.09. The molecule has 0 radical (unpaired) electrons. The van der Waals surface area contributed by atoms with Gasteiger partial charge in [-0.1, -0.05) is 19.3 Å². The van der Waals surface area contributed by atoms with Gasteiger partial charge in [0.25, 0.3) is 0 Å². The Hall–Kier alpha value is -1.13. The van der Waals surface area contributed by atoms with Crippen molar-refractivity contribution in [2.45, 2.75) is 50.7 Å². The SMILES string of the molecule is CCOC1(C(O)c2ncccc2OC)CCCCC1. The summed E-state index contributed by atoms with van der Waals surface area (Å²) in [5, 5.41) is 10.8. The number of aromatic nitrogens is 1.